The molecule has 2 unspecified atom stereocenters. The molecule has 5 nitrogen and oxygen atoms in total. The maximum Gasteiger partial charge on any atom is 0.251 e. The monoisotopic (exact) mass is 353 g/mol. The number of hydrogen-bond acceptors (Lipinski definition) is 4. The normalized spacial score (nSPS) is 20.7. The van der Waals surface area contributed by atoms with Crippen molar-refractivity contribution in [2.24, 2.45) is 0 Å². The Morgan fingerprint density at radius 2 is 1.77 bits per heavy atom. The Morgan fingerprint density at radius 3 is 2.42 bits per heavy atom. The van der Waals surface area contributed by atoms with E-state index >= 15 is 0 Å². The van der Waals surface area contributed by atoms with Crippen molar-refractivity contribution < 1.29 is 9.53 Å². The Hall–Kier alpha value is -2.37. The molecular weight excluding hydrogens is 326 g/mol. The van der Waals surface area contributed by atoms with Gasteiger partial charge in [-0.05, 0) is 43.2 Å². The number of nitrogen functional groups attached to an aromatic ring is 1. The van der Waals surface area contributed by atoms with E-state index in [4.69, 9.17) is 10.5 Å². The predicted molar refractivity (Wildman–Crippen MR) is 104 cm³/mol. The molecule has 0 aromatic heterocycles. The van der Waals surface area contributed by atoms with E-state index in [1.807, 2.05) is 0 Å². The third kappa shape index (κ3) is 5.07. The first-order valence-electron chi connectivity index (χ1n) is 9.09. The van der Waals surface area contributed by atoms with Crippen LogP contribution in [0.4, 0.5) is 5.69 Å². The lowest BCUT2D eigenvalue weighted by atomic mass is 10.1. The molecule has 0 bridgehead atoms. The maximum atomic E-state index is 12.2. The minimum atomic E-state index is -0.113. The molecule has 1 fully saturated rings. The van der Waals surface area contributed by atoms with Crippen molar-refractivity contribution >= 4 is 11.6 Å². The Kier molecular flexibility index (Phi) is 5.91. The summed E-state index contributed by atoms with van der Waals surface area (Å²) in [7, 11) is 0. The first-order chi connectivity index (χ1) is 12.5. The van der Waals surface area contributed by atoms with Gasteiger partial charge >= 0.3 is 0 Å². The lowest BCUT2D eigenvalue weighted by molar-refractivity contribution is -0.0704. The fraction of sp³-hybridized carbons (Fsp3) is 0.381. The van der Waals surface area contributed by atoms with Gasteiger partial charge in [-0.15, -0.1) is 0 Å². The van der Waals surface area contributed by atoms with Gasteiger partial charge in [0.1, 0.15) is 0 Å². The van der Waals surface area contributed by atoms with E-state index in [-0.39, 0.29) is 18.1 Å². The minimum absolute atomic E-state index is 0.113. The molecule has 138 valence electrons. The molecule has 3 N–H and O–H groups in total. The molecule has 2 atom stereocenters. The van der Waals surface area contributed by atoms with Crippen molar-refractivity contribution in [3.8, 4) is 0 Å². The van der Waals surface area contributed by atoms with Gasteiger partial charge in [-0.25, -0.2) is 0 Å². The van der Waals surface area contributed by atoms with Gasteiger partial charge in [0.05, 0.1) is 12.2 Å². The zero-order chi connectivity index (χ0) is 18.5. The van der Waals surface area contributed by atoms with Crippen LogP contribution in [0, 0.1) is 0 Å². The van der Waals surface area contributed by atoms with E-state index in [1.54, 1.807) is 24.3 Å². The highest BCUT2D eigenvalue weighted by Gasteiger charge is 2.21. The van der Waals surface area contributed by atoms with Crippen LogP contribution in [-0.2, 0) is 17.8 Å². The molecule has 26 heavy (non-hydrogen) atoms. The number of rotatable bonds is 5. The van der Waals surface area contributed by atoms with Crippen LogP contribution >= 0.6 is 0 Å². The van der Waals surface area contributed by atoms with E-state index in [1.165, 1.54) is 5.56 Å². The number of carbonyl (C=O) groups is 1. The molecule has 1 aliphatic heterocycles. The number of benzene rings is 2. The van der Waals surface area contributed by atoms with Crippen LogP contribution in [0.1, 0.15) is 35.3 Å². The first-order valence-corrected chi connectivity index (χ1v) is 9.09. The third-order valence-electron chi connectivity index (χ3n) is 4.53. The van der Waals surface area contributed by atoms with Gasteiger partial charge in [0.25, 0.3) is 5.91 Å². The number of amides is 1. The van der Waals surface area contributed by atoms with E-state index in [0.717, 1.165) is 25.2 Å². The second-order valence-corrected chi connectivity index (χ2v) is 7.08. The van der Waals surface area contributed by atoms with E-state index in [9.17, 15) is 4.79 Å². The minimum Gasteiger partial charge on any atom is -0.399 e. The third-order valence-corrected chi connectivity index (χ3v) is 4.53. The molecule has 0 radical (unpaired) electrons. The molecule has 1 saturated heterocycles. The second kappa shape index (κ2) is 8.34. The number of nitrogens with two attached hydrogens (primary N) is 1. The molecule has 2 aromatic rings. The maximum absolute atomic E-state index is 12.2. The summed E-state index contributed by atoms with van der Waals surface area (Å²) in [5.74, 6) is -0.113. The lowest BCUT2D eigenvalue weighted by Gasteiger charge is -2.35. The topological polar surface area (TPSA) is 67.6 Å². The van der Waals surface area contributed by atoms with Crippen molar-refractivity contribution in [2.75, 3.05) is 18.8 Å². The van der Waals surface area contributed by atoms with Gasteiger partial charge in [-0.1, -0.05) is 30.3 Å². The Labute approximate surface area is 155 Å². The van der Waals surface area contributed by atoms with Gasteiger partial charge in [-0.2, -0.15) is 0 Å². The number of anilines is 1. The molecule has 1 heterocycles. The van der Waals surface area contributed by atoms with Crippen molar-refractivity contribution in [1.82, 2.24) is 10.2 Å². The quantitative estimate of drug-likeness (QED) is 0.811. The Balaban J connectivity index is 1.52. The van der Waals surface area contributed by atoms with Crippen LogP contribution < -0.4 is 11.1 Å². The molecular formula is C21H27N3O2. The summed E-state index contributed by atoms with van der Waals surface area (Å²) in [6, 6.07) is 15.4. The molecule has 1 amide bonds. The van der Waals surface area contributed by atoms with Crippen LogP contribution in [0.15, 0.2) is 48.5 Å². The van der Waals surface area contributed by atoms with Crippen LogP contribution in [0.5, 0.6) is 0 Å². The van der Waals surface area contributed by atoms with E-state index in [2.05, 4.69) is 48.3 Å². The standard InChI is InChI=1S/C21H27N3O2/c1-15-12-24(13-16(2)26-15)14-18-8-6-17(7-9-18)11-23-21(25)19-4-3-5-20(22)10-19/h3-10,15-16H,11-14,22H2,1-2H3,(H,23,25). The summed E-state index contributed by atoms with van der Waals surface area (Å²) in [6.45, 7) is 7.59. The molecule has 0 spiro atoms. The summed E-state index contributed by atoms with van der Waals surface area (Å²) in [4.78, 5) is 14.6. The van der Waals surface area contributed by atoms with Crippen LogP contribution in [0.3, 0.4) is 0 Å². The van der Waals surface area contributed by atoms with Crippen molar-refractivity contribution in [1.29, 1.82) is 0 Å². The highest BCUT2D eigenvalue weighted by molar-refractivity contribution is 5.94. The van der Waals surface area contributed by atoms with Crippen LogP contribution in [0.25, 0.3) is 0 Å². The fourth-order valence-corrected chi connectivity index (χ4v) is 3.40. The lowest BCUT2D eigenvalue weighted by Crippen LogP contribution is -2.44. The number of nitrogens with one attached hydrogen (secondary N) is 1. The van der Waals surface area contributed by atoms with Crippen molar-refractivity contribution in [3.05, 3.63) is 65.2 Å². The average molecular weight is 353 g/mol. The summed E-state index contributed by atoms with van der Waals surface area (Å²) >= 11 is 0. The zero-order valence-electron chi connectivity index (χ0n) is 15.4. The summed E-state index contributed by atoms with van der Waals surface area (Å²) in [6.07, 6.45) is 0.556. The number of morpholine rings is 1. The highest BCUT2D eigenvalue weighted by atomic mass is 16.5. The number of nitrogens with zero attached hydrogens (tertiary/aromatic N) is 1. The largest absolute Gasteiger partial charge is 0.399 e. The van der Waals surface area contributed by atoms with Crippen LogP contribution in [0.2, 0.25) is 0 Å². The zero-order valence-corrected chi connectivity index (χ0v) is 15.4. The average Bonchev–Trinajstić information content (AvgIpc) is 2.60. The smallest absolute Gasteiger partial charge is 0.251 e. The number of ether oxygens (including phenoxy) is 1. The Morgan fingerprint density at radius 1 is 1.12 bits per heavy atom. The summed E-state index contributed by atoms with van der Waals surface area (Å²) < 4.78 is 5.78. The van der Waals surface area contributed by atoms with Crippen molar-refractivity contribution in [3.63, 3.8) is 0 Å². The van der Waals surface area contributed by atoms with Gasteiger partial charge in [0, 0.05) is 37.4 Å². The van der Waals surface area contributed by atoms with E-state index < -0.39 is 0 Å². The molecule has 0 saturated carbocycles. The molecule has 2 aromatic carbocycles. The number of hydrogen-bond donors (Lipinski definition) is 2. The SMILES string of the molecule is CC1CN(Cc2ccc(CNC(=O)c3cccc(N)c3)cc2)CC(C)O1. The summed E-state index contributed by atoms with van der Waals surface area (Å²) in [5.41, 5.74) is 9.25. The Bertz CT molecular complexity index is 735. The van der Waals surface area contributed by atoms with Gasteiger partial charge in [0.2, 0.25) is 0 Å². The first kappa shape index (κ1) is 18.4. The highest BCUT2D eigenvalue weighted by Crippen LogP contribution is 2.15. The molecule has 0 aliphatic carbocycles. The fourth-order valence-electron chi connectivity index (χ4n) is 3.40. The van der Waals surface area contributed by atoms with E-state index in [0.29, 0.717) is 17.8 Å². The predicted octanol–water partition coefficient (Wildman–Crippen LogP) is 2.81. The molecule has 1 aliphatic rings. The molecule has 3 rings (SSSR count). The van der Waals surface area contributed by atoms with Gasteiger partial charge < -0.3 is 15.8 Å². The van der Waals surface area contributed by atoms with Gasteiger partial charge in [0.15, 0.2) is 0 Å². The van der Waals surface area contributed by atoms with Gasteiger partial charge in [-0.3, -0.25) is 9.69 Å². The number of carbonyl (C=O) groups excluding carboxylic acids is 1. The van der Waals surface area contributed by atoms with Crippen LogP contribution in [-0.4, -0.2) is 36.1 Å². The van der Waals surface area contributed by atoms with Crippen molar-refractivity contribution in [2.45, 2.75) is 39.1 Å². The molecule has 5 heteroatoms. The summed E-state index contributed by atoms with van der Waals surface area (Å²) in [5, 5.41) is 2.93. The second-order valence-electron chi connectivity index (χ2n) is 7.08.